The number of nitrogens with two attached hydrogens (primary N) is 1. The summed E-state index contributed by atoms with van der Waals surface area (Å²) in [5.41, 5.74) is 6.53. The van der Waals surface area contributed by atoms with E-state index in [1.165, 1.54) is 12.5 Å². The molecule has 1 aromatic rings. The number of rotatable bonds is 14. The lowest BCUT2D eigenvalue weighted by atomic mass is 10.0. The number of nitrogens with zero attached hydrogens (tertiary/aromatic N) is 1. The molecule has 0 aliphatic rings. The Morgan fingerprint density at radius 1 is 1.06 bits per heavy atom. The summed E-state index contributed by atoms with van der Waals surface area (Å²) in [6, 6.07) is -4.72. The fraction of sp³-hybridized carbons (Fsp3) is 0.579. The van der Waals surface area contributed by atoms with Gasteiger partial charge in [0.15, 0.2) is 0 Å². The maximum Gasteiger partial charge on any atom is 0.327 e. The Kier molecular flexibility index (Phi) is 11.4. The zero-order valence-corrected chi connectivity index (χ0v) is 19.2. The van der Waals surface area contributed by atoms with Crippen LogP contribution < -0.4 is 21.7 Å². The highest BCUT2D eigenvalue weighted by molar-refractivity contribution is 7.80. The average molecular weight is 487 g/mol. The second-order valence-electron chi connectivity index (χ2n) is 7.69. The van der Waals surface area contributed by atoms with Crippen molar-refractivity contribution in [3.05, 3.63) is 18.2 Å². The molecule has 0 aliphatic heterocycles. The number of carbonyl (C=O) groups is 5. The molecule has 0 spiro atoms. The molecule has 33 heavy (non-hydrogen) atoms. The van der Waals surface area contributed by atoms with Crippen LogP contribution in [0.15, 0.2) is 12.5 Å². The summed E-state index contributed by atoms with van der Waals surface area (Å²) in [5.74, 6) is -5.37. The average Bonchev–Trinajstić information content (AvgIpc) is 3.24. The van der Waals surface area contributed by atoms with Crippen molar-refractivity contribution in [3.63, 3.8) is 0 Å². The highest BCUT2D eigenvalue weighted by Crippen LogP contribution is 2.07. The molecular formula is C19H30N6O7S. The van der Waals surface area contributed by atoms with Crippen LogP contribution in [0.1, 0.15) is 32.4 Å². The minimum atomic E-state index is -1.34. The third-order valence-electron chi connectivity index (χ3n) is 4.66. The first kappa shape index (κ1) is 27.9. The summed E-state index contributed by atoms with van der Waals surface area (Å²) < 4.78 is 0. The largest absolute Gasteiger partial charge is 0.481 e. The number of H-pyrrole nitrogens is 1. The van der Waals surface area contributed by atoms with Crippen molar-refractivity contribution in [3.8, 4) is 0 Å². The van der Waals surface area contributed by atoms with Crippen molar-refractivity contribution in [1.82, 2.24) is 25.9 Å². The van der Waals surface area contributed by atoms with Crippen molar-refractivity contribution in [2.24, 2.45) is 11.7 Å². The van der Waals surface area contributed by atoms with Crippen LogP contribution in [-0.4, -0.2) is 79.8 Å². The molecule has 0 aromatic carbocycles. The van der Waals surface area contributed by atoms with E-state index in [1.54, 1.807) is 13.8 Å². The lowest BCUT2D eigenvalue weighted by Crippen LogP contribution is -2.58. The van der Waals surface area contributed by atoms with Gasteiger partial charge in [-0.3, -0.25) is 19.2 Å². The van der Waals surface area contributed by atoms with Gasteiger partial charge in [-0.25, -0.2) is 9.78 Å². The molecule has 1 heterocycles. The van der Waals surface area contributed by atoms with Gasteiger partial charge in [-0.1, -0.05) is 13.8 Å². The molecule has 0 radical (unpaired) electrons. The van der Waals surface area contributed by atoms with Gasteiger partial charge < -0.3 is 36.9 Å². The van der Waals surface area contributed by atoms with Gasteiger partial charge >= 0.3 is 11.9 Å². The lowest BCUT2D eigenvalue weighted by molar-refractivity contribution is -0.142. The molecule has 0 saturated heterocycles. The van der Waals surface area contributed by atoms with Crippen LogP contribution >= 0.6 is 12.6 Å². The summed E-state index contributed by atoms with van der Waals surface area (Å²) in [6.07, 6.45) is 2.37. The number of carboxylic acids is 2. The molecule has 4 atom stereocenters. The molecule has 0 saturated carbocycles. The number of thiol groups is 1. The Morgan fingerprint density at radius 2 is 1.70 bits per heavy atom. The number of hydrogen-bond acceptors (Lipinski definition) is 8. The molecule has 1 rings (SSSR count). The number of aliphatic carboxylic acids is 2. The number of imidazole rings is 1. The van der Waals surface area contributed by atoms with Gasteiger partial charge in [-0.15, -0.1) is 0 Å². The highest BCUT2D eigenvalue weighted by atomic mass is 32.1. The van der Waals surface area contributed by atoms with Crippen LogP contribution in [0, 0.1) is 5.92 Å². The first-order valence-electron chi connectivity index (χ1n) is 10.2. The molecular weight excluding hydrogens is 456 g/mol. The zero-order valence-electron chi connectivity index (χ0n) is 18.3. The monoisotopic (exact) mass is 486 g/mol. The van der Waals surface area contributed by atoms with Crippen LogP contribution in [-0.2, 0) is 30.4 Å². The Hall–Kier alpha value is -3.13. The molecule has 0 bridgehead atoms. The first-order chi connectivity index (χ1) is 15.5. The summed E-state index contributed by atoms with van der Waals surface area (Å²) in [4.78, 5) is 66.7. The Balaban J connectivity index is 2.89. The number of nitrogens with one attached hydrogen (secondary N) is 4. The molecule has 0 aliphatic carbocycles. The van der Waals surface area contributed by atoms with E-state index in [0.717, 1.165) is 0 Å². The second-order valence-corrected chi connectivity index (χ2v) is 8.06. The number of amides is 3. The van der Waals surface area contributed by atoms with Gasteiger partial charge in [-0.05, 0) is 12.3 Å². The minimum Gasteiger partial charge on any atom is -0.481 e. The van der Waals surface area contributed by atoms with E-state index in [-0.39, 0.29) is 18.6 Å². The van der Waals surface area contributed by atoms with Crippen LogP contribution in [0.25, 0.3) is 0 Å². The Bertz CT molecular complexity index is 833. The predicted molar refractivity (Wildman–Crippen MR) is 119 cm³/mol. The smallest absolute Gasteiger partial charge is 0.327 e. The van der Waals surface area contributed by atoms with Gasteiger partial charge in [0.1, 0.15) is 18.1 Å². The summed E-state index contributed by atoms with van der Waals surface area (Å²) in [5, 5.41) is 25.2. The van der Waals surface area contributed by atoms with E-state index in [4.69, 9.17) is 15.9 Å². The lowest BCUT2D eigenvalue weighted by Gasteiger charge is -2.26. The van der Waals surface area contributed by atoms with Crippen LogP contribution in [0.4, 0.5) is 0 Å². The molecule has 1 aromatic heterocycles. The third kappa shape index (κ3) is 9.49. The van der Waals surface area contributed by atoms with Crippen molar-refractivity contribution in [1.29, 1.82) is 0 Å². The fourth-order valence-corrected chi connectivity index (χ4v) is 3.02. The maximum atomic E-state index is 12.9. The van der Waals surface area contributed by atoms with Crippen molar-refractivity contribution in [2.75, 3.05) is 5.75 Å². The predicted octanol–water partition coefficient (Wildman–Crippen LogP) is -1.73. The van der Waals surface area contributed by atoms with E-state index in [2.05, 4.69) is 38.5 Å². The number of hydrogen-bond donors (Lipinski definition) is 8. The summed E-state index contributed by atoms with van der Waals surface area (Å²) in [7, 11) is 0. The summed E-state index contributed by atoms with van der Waals surface area (Å²) >= 11 is 3.86. The van der Waals surface area contributed by atoms with Gasteiger partial charge in [0.05, 0.1) is 12.4 Å². The normalized spacial score (nSPS) is 14.6. The third-order valence-corrected chi connectivity index (χ3v) is 5.02. The maximum absolute atomic E-state index is 12.9. The van der Waals surface area contributed by atoms with E-state index in [1.807, 2.05) is 0 Å². The van der Waals surface area contributed by atoms with Crippen molar-refractivity contribution >= 4 is 42.3 Å². The molecule has 13 nitrogen and oxygen atoms in total. The van der Waals surface area contributed by atoms with Gasteiger partial charge in [0.2, 0.25) is 17.7 Å². The van der Waals surface area contributed by atoms with Crippen LogP contribution in [0.5, 0.6) is 0 Å². The van der Waals surface area contributed by atoms with E-state index >= 15 is 0 Å². The van der Waals surface area contributed by atoms with Gasteiger partial charge in [0, 0.05) is 30.5 Å². The molecule has 4 unspecified atom stereocenters. The molecule has 14 heteroatoms. The second kappa shape index (κ2) is 13.4. The van der Waals surface area contributed by atoms with Crippen LogP contribution in [0.2, 0.25) is 0 Å². The van der Waals surface area contributed by atoms with E-state index in [0.29, 0.717) is 5.69 Å². The number of aromatic nitrogens is 2. The number of aromatic amines is 1. The minimum absolute atomic E-state index is 0.155. The number of carboxylic acid groups (broad SMARTS) is 2. The molecule has 184 valence electrons. The molecule has 0 fully saturated rings. The topological polar surface area (TPSA) is 217 Å². The van der Waals surface area contributed by atoms with Crippen molar-refractivity contribution in [2.45, 2.75) is 57.3 Å². The Labute approximate surface area is 195 Å². The number of carbonyl (C=O) groups excluding carboxylic acids is 3. The SMILES string of the molecule is CC(C)C(NC(=O)C(N)Cc1cnc[nH]1)C(=O)NC(CCC(=O)O)C(=O)NC(CS)C(=O)O. The quantitative estimate of drug-likeness (QED) is 0.140. The van der Waals surface area contributed by atoms with Crippen molar-refractivity contribution < 1.29 is 34.2 Å². The summed E-state index contributed by atoms with van der Waals surface area (Å²) in [6.45, 7) is 3.33. The highest BCUT2D eigenvalue weighted by Gasteiger charge is 2.31. The van der Waals surface area contributed by atoms with E-state index < -0.39 is 66.2 Å². The van der Waals surface area contributed by atoms with Gasteiger partial charge in [-0.2, -0.15) is 12.6 Å². The Morgan fingerprint density at radius 3 is 2.18 bits per heavy atom. The standard InChI is InChI=1S/C19H30N6O7S/c1-9(2)15(25-16(28)11(20)5-10-6-21-8-22-10)18(30)23-12(3-4-14(26)27)17(29)24-13(7-33)19(31)32/h6,8-9,11-13,15,33H,3-5,7,20H2,1-2H3,(H,21,22)(H,23,30)(H,24,29)(H,25,28)(H,26,27)(H,31,32). The zero-order chi connectivity index (χ0) is 25.1. The molecule has 3 amide bonds. The molecule has 8 N–H and O–H groups in total. The fourth-order valence-electron chi connectivity index (χ4n) is 2.78. The van der Waals surface area contributed by atoms with Gasteiger partial charge in [0.25, 0.3) is 0 Å². The first-order valence-corrected chi connectivity index (χ1v) is 10.8. The van der Waals surface area contributed by atoms with Crippen LogP contribution in [0.3, 0.4) is 0 Å². The van der Waals surface area contributed by atoms with E-state index in [9.17, 15) is 24.0 Å².